The number of aromatic nitrogens is 4. The molecule has 3 heterocycles. The van der Waals surface area contributed by atoms with E-state index in [0.29, 0.717) is 30.0 Å². The van der Waals surface area contributed by atoms with Crippen LogP contribution in [0.4, 0.5) is 0 Å². The van der Waals surface area contributed by atoms with Crippen molar-refractivity contribution >= 4 is 11.2 Å². The molecule has 0 aliphatic heterocycles. The molecule has 3 aromatic heterocycles. The topological polar surface area (TPSA) is 75.0 Å². The van der Waals surface area contributed by atoms with Crippen LogP contribution in [0.15, 0.2) is 81.2 Å². The number of hydrogen-bond acceptors (Lipinski definition) is 4. The van der Waals surface area contributed by atoms with Gasteiger partial charge in [-0.25, -0.2) is 9.78 Å². The molecule has 7 heteroatoms. The van der Waals surface area contributed by atoms with E-state index in [4.69, 9.17) is 4.42 Å². The van der Waals surface area contributed by atoms with E-state index >= 15 is 0 Å². The largest absolute Gasteiger partial charge is 0.467 e. The highest BCUT2D eigenvalue weighted by Gasteiger charge is 2.19. The Bertz CT molecular complexity index is 1240. The fraction of sp³-hybridized carbons (Fsp3) is 0.190. The summed E-state index contributed by atoms with van der Waals surface area (Å²) >= 11 is 0. The van der Waals surface area contributed by atoms with Crippen LogP contribution in [0.25, 0.3) is 11.2 Å². The van der Waals surface area contributed by atoms with Gasteiger partial charge in [0.25, 0.3) is 5.56 Å². The molecule has 0 atom stereocenters. The number of nitrogens with zero attached hydrogens (tertiary/aromatic N) is 4. The third kappa shape index (κ3) is 3.22. The molecule has 0 bridgehead atoms. The van der Waals surface area contributed by atoms with E-state index in [1.54, 1.807) is 30.1 Å². The second-order valence-corrected chi connectivity index (χ2v) is 6.83. The SMILES string of the molecule is C=C(C)Cn1c(=O)c2c(ncn2Cc2ccco2)n(Cc2ccccc2)c1=O. The molecule has 142 valence electrons. The number of rotatable bonds is 6. The second-order valence-electron chi connectivity index (χ2n) is 6.83. The van der Waals surface area contributed by atoms with Gasteiger partial charge in [-0.1, -0.05) is 42.5 Å². The van der Waals surface area contributed by atoms with Crippen LogP contribution in [0.5, 0.6) is 0 Å². The molecule has 0 N–H and O–H groups in total. The van der Waals surface area contributed by atoms with Crippen molar-refractivity contribution < 1.29 is 4.42 Å². The van der Waals surface area contributed by atoms with Gasteiger partial charge in [0.1, 0.15) is 5.76 Å². The van der Waals surface area contributed by atoms with Crippen molar-refractivity contribution in [3.05, 3.63) is 99.4 Å². The van der Waals surface area contributed by atoms with E-state index in [9.17, 15) is 9.59 Å². The molecule has 4 aromatic rings. The Morgan fingerprint density at radius 1 is 1.07 bits per heavy atom. The maximum Gasteiger partial charge on any atom is 0.333 e. The predicted molar refractivity (Wildman–Crippen MR) is 106 cm³/mol. The summed E-state index contributed by atoms with van der Waals surface area (Å²) < 4.78 is 9.87. The Morgan fingerprint density at radius 3 is 2.54 bits per heavy atom. The maximum atomic E-state index is 13.1. The van der Waals surface area contributed by atoms with Gasteiger partial charge in [-0.3, -0.25) is 13.9 Å². The zero-order valence-electron chi connectivity index (χ0n) is 15.5. The van der Waals surface area contributed by atoms with Gasteiger partial charge in [0.2, 0.25) is 0 Å². The number of benzene rings is 1. The van der Waals surface area contributed by atoms with E-state index in [1.807, 2.05) is 36.4 Å². The van der Waals surface area contributed by atoms with Gasteiger partial charge in [0.05, 0.1) is 32.2 Å². The van der Waals surface area contributed by atoms with Crippen molar-refractivity contribution in [2.24, 2.45) is 0 Å². The molecule has 0 amide bonds. The summed E-state index contributed by atoms with van der Waals surface area (Å²) in [5.74, 6) is 0.700. The van der Waals surface area contributed by atoms with Gasteiger partial charge in [-0.05, 0) is 24.6 Å². The van der Waals surface area contributed by atoms with Gasteiger partial charge in [-0.2, -0.15) is 0 Å². The summed E-state index contributed by atoms with van der Waals surface area (Å²) in [4.78, 5) is 30.6. The number of furan rings is 1. The molecule has 7 nitrogen and oxygen atoms in total. The lowest BCUT2D eigenvalue weighted by molar-refractivity contribution is 0.495. The van der Waals surface area contributed by atoms with Crippen LogP contribution in [0.2, 0.25) is 0 Å². The van der Waals surface area contributed by atoms with E-state index in [0.717, 1.165) is 11.1 Å². The Labute approximate surface area is 160 Å². The highest BCUT2D eigenvalue weighted by molar-refractivity contribution is 5.70. The van der Waals surface area contributed by atoms with Gasteiger partial charge >= 0.3 is 5.69 Å². The minimum Gasteiger partial charge on any atom is -0.467 e. The quantitative estimate of drug-likeness (QED) is 0.485. The molecule has 0 spiro atoms. The van der Waals surface area contributed by atoms with E-state index in [-0.39, 0.29) is 12.1 Å². The molecular weight excluding hydrogens is 356 g/mol. The van der Waals surface area contributed by atoms with Crippen molar-refractivity contribution in [2.45, 2.75) is 26.6 Å². The lowest BCUT2D eigenvalue weighted by Gasteiger charge is -2.12. The Balaban J connectivity index is 1.94. The molecular formula is C21H20N4O3. The molecule has 0 fully saturated rings. The average molecular weight is 376 g/mol. The van der Waals surface area contributed by atoms with Crippen molar-refractivity contribution in [1.82, 2.24) is 18.7 Å². The first-order valence-electron chi connectivity index (χ1n) is 8.94. The highest BCUT2D eigenvalue weighted by atomic mass is 16.3. The van der Waals surface area contributed by atoms with Crippen molar-refractivity contribution in [2.75, 3.05) is 0 Å². The van der Waals surface area contributed by atoms with Crippen LogP contribution in [-0.4, -0.2) is 18.7 Å². The number of hydrogen-bond donors (Lipinski definition) is 0. The maximum absolute atomic E-state index is 13.1. The molecule has 0 aliphatic rings. The molecule has 0 unspecified atom stereocenters. The normalized spacial score (nSPS) is 11.2. The first-order valence-corrected chi connectivity index (χ1v) is 8.94. The van der Waals surface area contributed by atoms with Crippen LogP contribution in [0.3, 0.4) is 0 Å². The van der Waals surface area contributed by atoms with Crippen molar-refractivity contribution in [3.63, 3.8) is 0 Å². The van der Waals surface area contributed by atoms with Gasteiger partial charge in [-0.15, -0.1) is 0 Å². The average Bonchev–Trinajstić information content (AvgIpc) is 3.33. The standard InChI is InChI=1S/C21H20N4O3/c1-15(2)11-25-20(26)18-19(22-14-23(18)13-17-9-6-10-28-17)24(21(25)27)12-16-7-4-3-5-8-16/h3-10,14H,1,11-13H2,2H3. The number of allylic oxidation sites excluding steroid dienone is 1. The van der Waals surface area contributed by atoms with Crippen LogP contribution in [0.1, 0.15) is 18.2 Å². The zero-order valence-corrected chi connectivity index (χ0v) is 15.5. The highest BCUT2D eigenvalue weighted by Crippen LogP contribution is 2.12. The molecule has 1 aromatic carbocycles. The smallest absolute Gasteiger partial charge is 0.333 e. The second kappa shape index (κ2) is 7.19. The summed E-state index contributed by atoms with van der Waals surface area (Å²) in [6, 6.07) is 13.2. The Kier molecular flexibility index (Phi) is 4.57. The minimum absolute atomic E-state index is 0.161. The summed E-state index contributed by atoms with van der Waals surface area (Å²) in [7, 11) is 0. The van der Waals surface area contributed by atoms with E-state index in [1.165, 1.54) is 9.13 Å². The first-order chi connectivity index (χ1) is 13.5. The molecule has 4 rings (SSSR count). The lowest BCUT2D eigenvalue weighted by atomic mass is 10.2. The minimum atomic E-state index is -0.396. The van der Waals surface area contributed by atoms with Crippen LogP contribution < -0.4 is 11.2 Å². The predicted octanol–water partition coefficient (Wildman–Crippen LogP) is 2.63. The number of fused-ring (bicyclic) bond motifs is 1. The molecule has 0 saturated carbocycles. The molecule has 0 radical (unpaired) electrons. The molecule has 28 heavy (non-hydrogen) atoms. The summed E-state index contributed by atoms with van der Waals surface area (Å²) in [5, 5.41) is 0. The fourth-order valence-electron chi connectivity index (χ4n) is 3.25. The van der Waals surface area contributed by atoms with Gasteiger partial charge < -0.3 is 8.98 Å². The first kappa shape index (κ1) is 17.8. The van der Waals surface area contributed by atoms with Crippen LogP contribution in [-0.2, 0) is 19.6 Å². The lowest BCUT2D eigenvalue weighted by Crippen LogP contribution is -2.41. The number of imidazole rings is 1. The third-order valence-electron chi connectivity index (χ3n) is 4.50. The molecule has 0 aliphatic carbocycles. The summed E-state index contributed by atoms with van der Waals surface area (Å²) in [6.07, 6.45) is 3.15. The van der Waals surface area contributed by atoms with E-state index in [2.05, 4.69) is 11.6 Å². The fourth-order valence-corrected chi connectivity index (χ4v) is 3.25. The summed E-state index contributed by atoms with van der Waals surface area (Å²) in [5.41, 5.74) is 1.63. The Morgan fingerprint density at radius 2 is 1.86 bits per heavy atom. The van der Waals surface area contributed by atoms with Crippen molar-refractivity contribution in [3.8, 4) is 0 Å². The van der Waals surface area contributed by atoms with Crippen molar-refractivity contribution in [1.29, 1.82) is 0 Å². The summed E-state index contributed by atoms with van der Waals surface area (Å²) in [6.45, 7) is 6.48. The Hall–Kier alpha value is -3.61. The van der Waals surface area contributed by atoms with Gasteiger partial charge in [0.15, 0.2) is 11.2 Å². The van der Waals surface area contributed by atoms with E-state index < -0.39 is 5.69 Å². The van der Waals surface area contributed by atoms with Crippen LogP contribution in [0, 0.1) is 0 Å². The van der Waals surface area contributed by atoms with Gasteiger partial charge in [0, 0.05) is 0 Å². The third-order valence-corrected chi connectivity index (χ3v) is 4.50. The molecule has 0 saturated heterocycles. The zero-order chi connectivity index (χ0) is 19.7. The monoisotopic (exact) mass is 376 g/mol. The van der Waals surface area contributed by atoms with Crippen LogP contribution >= 0.6 is 0 Å².